The molecular formula is C26H51F. The van der Waals surface area contributed by atoms with Gasteiger partial charge in [-0.2, -0.15) is 0 Å². The number of rotatable bonds is 12. The molecule has 0 aliphatic carbocycles. The third-order valence-corrected chi connectivity index (χ3v) is 4.42. The Hall–Kier alpha value is -0.850. The first kappa shape index (κ1) is 30.9. The minimum absolute atomic E-state index is 0.0837. The van der Waals surface area contributed by atoms with Gasteiger partial charge in [0, 0.05) is 0 Å². The number of hydrogen-bond donors (Lipinski definition) is 0. The molecule has 162 valence electrons. The molecule has 0 radical (unpaired) electrons. The third-order valence-electron chi connectivity index (χ3n) is 4.42. The molecule has 0 rings (SSSR count). The van der Waals surface area contributed by atoms with Crippen LogP contribution < -0.4 is 0 Å². The van der Waals surface area contributed by atoms with Gasteiger partial charge in [0.2, 0.25) is 0 Å². The van der Waals surface area contributed by atoms with Crippen LogP contribution >= 0.6 is 0 Å². The first-order valence-corrected chi connectivity index (χ1v) is 11.6. The SMILES string of the molecule is C=C/C(=C\C(F)=C(/C)CC)C(CCC)CCC.CCC.CCCCCCC. The van der Waals surface area contributed by atoms with Crippen LogP contribution in [0.3, 0.4) is 0 Å². The summed E-state index contributed by atoms with van der Waals surface area (Å²) in [5.41, 5.74) is 1.87. The van der Waals surface area contributed by atoms with E-state index in [1.807, 2.05) is 19.9 Å². The average molecular weight is 383 g/mol. The summed E-state index contributed by atoms with van der Waals surface area (Å²) in [7, 11) is 0. The van der Waals surface area contributed by atoms with Crippen molar-refractivity contribution in [2.45, 2.75) is 126 Å². The van der Waals surface area contributed by atoms with Crippen LogP contribution in [0.2, 0.25) is 0 Å². The lowest BCUT2D eigenvalue weighted by Crippen LogP contribution is -2.02. The van der Waals surface area contributed by atoms with Gasteiger partial charge >= 0.3 is 0 Å². The van der Waals surface area contributed by atoms with Gasteiger partial charge in [-0.05, 0) is 49.3 Å². The van der Waals surface area contributed by atoms with Gasteiger partial charge in [0.25, 0.3) is 0 Å². The maximum absolute atomic E-state index is 13.8. The second-order valence-corrected chi connectivity index (χ2v) is 7.37. The van der Waals surface area contributed by atoms with Crippen LogP contribution in [0.15, 0.2) is 35.7 Å². The van der Waals surface area contributed by atoms with E-state index in [4.69, 9.17) is 0 Å². The lowest BCUT2D eigenvalue weighted by Gasteiger charge is -2.16. The molecule has 0 aromatic rings. The van der Waals surface area contributed by atoms with Gasteiger partial charge in [0.15, 0.2) is 0 Å². The summed E-state index contributed by atoms with van der Waals surface area (Å²) in [6.45, 7) is 20.7. The smallest absolute Gasteiger partial charge is 0.122 e. The van der Waals surface area contributed by atoms with Crippen LogP contribution in [0.1, 0.15) is 126 Å². The van der Waals surface area contributed by atoms with E-state index in [9.17, 15) is 4.39 Å². The van der Waals surface area contributed by atoms with E-state index >= 15 is 0 Å². The van der Waals surface area contributed by atoms with Crippen molar-refractivity contribution in [2.24, 2.45) is 5.92 Å². The second kappa shape index (κ2) is 25.1. The fourth-order valence-electron chi connectivity index (χ4n) is 2.63. The fourth-order valence-corrected chi connectivity index (χ4v) is 2.63. The Balaban J connectivity index is -0.000000476. The summed E-state index contributed by atoms with van der Waals surface area (Å²) in [5, 5.41) is 0. The Morgan fingerprint density at radius 2 is 1.26 bits per heavy atom. The molecule has 0 aromatic heterocycles. The largest absolute Gasteiger partial charge is 0.207 e. The number of halogens is 1. The van der Waals surface area contributed by atoms with Crippen LogP contribution in [0.5, 0.6) is 0 Å². The molecule has 0 bridgehead atoms. The Labute approximate surface area is 172 Å². The molecule has 0 spiro atoms. The molecule has 0 fully saturated rings. The number of allylic oxidation sites excluding steroid dienone is 5. The van der Waals surface area contributed by atoms with Gasteiger partial charge < -0.3 is 0 Å². The van der Waals surface area contributed by atoms with Gasteiger partial charge in [0.05, 0.1) is 0 Å². The zero-order chi connectivity index (χ0) is 21.5. The molecule has 1 heteroatoms. The van der Waals surface area contributed by atoms with Crippen molar-refractivity contribution in [1.82, 2.24) is 0 Å². The number of hydrogen-bond acceptors (Lipinski definition) is 0. The maximum Gasteiger partial charge on any atom is 0.122 e. The quantitative estimate of drug-likeness (QED) is 0.232. The highest BCUT2D eigenvalue weighted by atomic mass is 19.1. The zero-order valence-corrected chi connectivity index (χ0v) is 20.1. The molecule has 0 atom stereocenters. The Bertz CT molecular complexity index is 352. The molecule has 0 aliphatic heterocycles. The molecular weight excluding hydrogens is 331 g/mol. The first-order valence-electron chi connectivity index (χ1n) is 11.6. The van der Waals surface area contributed by atoms with Crippen molar-refractivity contribution in [3.8, 4) is 0 Å². The van der Waals surface area contributed by atoms with E-state index in [0.29, 0.717) is 5.92 Å². The Kier molecular flexibility index (Phi) is 28.7. The summed E-state index contributed by atoms with van der Waals surface area (Å²) in [6, 6.07) is 0. The summed E-state index contributed by atoms with van der Waals surface area (Å²) >= 11 is 0. The Morgan fingerprint density at radius 1 is 0.815 bits per heavy atom. The highest BCUT2D eigenvalue weighted by molar-refractivity contribution is 5.30. The van der Waals surface area contributed by atoms with Crippen molar-refractivity contribution in [1.29, 1.82) is 0 Å². The summed E-state index contributed by atoms with van der Waals surface area (Å²) in [5.74, 6) is 0.373. The minimum Gasteiger partial charge on any atom is -0.207 e. The molecule has 0 aromatic carbocycles. The highest BCUT2D eigenvalue weighted by Crippen LogP contribution is 2.26. The summed E-state index contributed by atoms with van der Waals surface area (Å²) in [4.78, 5) is 0. The molecule has 27 heavy (non-hydrogen) atoms. The topological polar surface area (TPSA) is 0 Å². The first-order chi connectivity index (χ1) is 12.9. The normalized spacial score (nSPS) is 11.9. The fraction of sp³-hybridized carbons (Fsp3) is 0.769. The predicted molar refractivity (Wildman–Crippen MR) is 126 cm³/mol. The van der Waals surface area contributed by atoms with E-state index in [0.717, 1.165) is 43.3 Å². The van der Waals surface area contributed by atoms with E-state index in [1.54, 1.807) is 6.08 Å². The lowest BCUT2D eigenvalue weighted by molar-refractivity contribution is 0.509. The molecule has 0 amide bonds. The van der Waals surface area contributed by atoms with Crippen LogP contribution in [0, 0.1) is 5.92 Å². The van der Waals surface area contributed by atoms with Gasteiger partial charge in [0.1, 0.15) is 5.83 Å². The third kappa shape index (κ3) is 21.3. The van der Waals surface area contributed by atoms with Crippen LogP contribution in [-0.2, 0) is 0 Å². The minimum atomic E-state index is -0.0837. The van der Waals surface area contributed by atoms with E-state index in [-0.39, 0.29) is 5.83 Å². The van der Waals surface area contributed by atoms with Crippen molar-refractivity contribution in [3.05, 3.63) is 35.7 Å². The molecule has 0 nitrogen and oxygen atoms in total. The van der Waals surface area contributed by atoms with Crippen molar-refractivity contribution < 1.29 is 4.39 Å². The van der Waals surface area contributed by atoms with E-state index < -0.39 is 0 Å². The molecule has 0 N–H and O–H groups in total. The summed E-state index contributed by atoms with van der Waals surface area (Å²) < 4.78 is 13.8. The van der Waals surface area contributed by atoms with Gasteiger partial charge in [-0.15, -0.1) is 0 Å². The van der Waals surface area contributed by atoms with Crippen molar-refractivity contribution in [2.75, 3.05) is 0 Å². The Morgan fingerprint density at radius 3 is 1.56 bits per heavy atom. The standard InChI is InChI=1S/C16H27F.C7H16.C3H8/c1-6-10-15(11-7-2)14(9-4)12-16(17)13(5)8-3;1-3-5-7-6-4-2;1-3-2/h9,12,15H,4,6-8,10-11H2,1-3,5H3;3-7H2,1-2H3;3H2,1-2H3/b14-12+,16-13-;;. The monoisotopic (exact) mass is 382 g/mol. The molecule has 0 unspecified atom stereocenters. The molecule has 0 heterocycles. The predicted octanol–water partition coefficient (Wildman–Crippen LogP) is 10.4. The van der Waals surface area contributed by atoms with Crippen molar-refractivity contribution >= 4 is 0 Å². The molecule has 0 saturated heterocycles. The zero-order valence-electron chi connectivity index (χ0n) is 20.1. The summed E-state index contributed by atoms with van der Waals surface area (Å²) in [6.07, 6.45) is 17.0. The lowest BCUT2D eigenvalue weighted by atomic mass is 9.89. The second-order valence-electron chi connectivity index (χ2n) is 7.37. The maximum atomic E-state index is 13.8. The van der Waals surface area contributed by atoms with E-state index in [2.05, 4.69) is 48.1 Å². The number of unbranched alkanes of at least 4 members (excludes halogenated alkanes) is 4. The van der Waals surface area contributed by atoms with Crippen LogP contribution in [-0.4, -0.2) is 0 Å². The van der Waals surface area contributed by atoms with E-state index in [1.165, 1.54) is 38.5 Å². The van der Waals surface area contributed by atoms with Gasteiger partial charge in [-0.3, -0.25) is 0 Å². The highest BCUT2D eigenvalue weighted by Gasteiger charge is 2.11. The van der Waals surface area contributed by atoms with Crippen LogP contribution in [0.4, 0.5) is 4.39 Å². The molecule has 0 aliphatic rings. The van der Waals surface area contributed by atoms with Crippen molar-refractivity contribution in [3.63, 3.8) is 0 Å². The van der Waals surface area contributed by atoms with Gasteiger partial charge in [-0.1, -0.05) is 112 Å². The van der Waals surface area contributed by atoms with Gasteiger partial charge in [-0.25, -0.2) is 4.39 Å². The average Bonchev–Trinajstić information content (AvgIpc) is 2.66. The van der Waals surface area contributed by atoms with Crippen LogP contribution in [0.25, 0.3) is 0 Å². The molecule has 0 saturated carbocycles.